The third-order valence-corrected chi connectivity index (χ3v) is 4.36. The summed E-state index contributed by atoms with van der Waals surface area (Å²) in [6.45, 7) is 3.36. The predicted molar refractivity (Wildman–Crippen MR) is 79.0 cm³/mol. The lowest BCUT2D eigenvalue weighted by Crippen LogP contribution is -2.60. The smallest absolute Gasteiger partial charge is 0.381 e. The Kier molecular flexibility index (Phi) is 4.59. The van der Waals surface area contributed by atoms with Crippen LogP contribution in [0.15, 0.2) is 24.3 Å². The highest BCUT2D eigenvalue weighted by atomic mass is 19.4. The SMILES string of the molecule is FC(F)(F)c1ccc(N2CC(NC3CCCOCC3)C2)cc1. The Hall–Kier alpha value is -1.27. The van der Waals surface area contributed by atoms with E-state index >= 15 is 0 Å². The lowest BCUT2D eigenvalue weighted by Gasteiger charge is -2.43. The van der Waals surface area contributed by atoms with Crippen molar-refractivity contribution in [2.75, 3.05) is 31.2 Å². The second-order valence-corrected chi connectivity index (χ2v) is 6.05. The van der Waals surface area contributed by atoms with Crippen LogP contribution in [0.25, 0.3) is 0 Å². The molecule has 6 heteroatoms. The maximum Gasteiger partial charge on any atom is 0.416 e. The zero-order chi connectivity index (χ0) is 15.6. The summed E-state index contributed by atoms with van der Waals surface area (Å²) in [7, 11) is 0. The summed E-state index contributed by atoms with van der Waals surface area (Å²) < 4.78 is 43.1. The van der Waals surface area contributed by atoms with Gasteiger partial charge in [0.15, 0.2) is 0 Å². The molecule has 2 aliphatic heterocycles. The first-order valence-electron chi connectivity index (χ1n) is 7.78. The number of hydrogen-bond donors (Lipinski definition) is 1. The fourth-order valence-electron chi connectivity index (χ4n) is 3.06. The Morgan fingerprint density at radius 3 is 2.41 bits per heavy atom. The molecule has 0 aromatic heterocycles. The van der Waals surface area contributed by atoms with Gasteiger partial charge in [0.1, 0.15) is 0 Å². The Bertz CT molecular complexity index is 475. The van der Waals surface area contributed by atoms with Crippen LogP contribution in [0.4, 0.5) is 18.9 Å². The topological polar surface area (TPSA) is 24.5 Å². The molecule has 1 aromatic rings. The molecule has 0 radical (unpaired) electrons. The van der Waals surface area contributed by atoms with Crippen LogP contribution in [0.1, 0.15) is 24.8 Å². The first-order chi connectivity index (χ1) is 10.5. The molecule has 0 spiro atoms. The van der Waals surface area contributed by atoms with Gasteiger partial charge >= 0.3 is 6.18 Å². The number of rotatable bonds is 3. The third kappa shape index (κ3) is 3.73. The van der Waals surface area contributed by atoms with Crippen LogP contribution in [0.2, 0.25) is 0 Å². The molecule has 22 heavy (non-hydrogen) atoms. The van der Waals surface area contributed by atoms with Crippen molar-refractivity contribution in [1.29, 1.82) is 0 Å². The first kappa shape index (κ1) is 15.6. The van der Waals surface area contributed by atoms with E-state index < -0.39 is 11.7 Å². The van der Waals surface area contributed by atoms with Gasteiger partial charge in [-0.15, -0.1) is 0 Å². The van der Waals surface area contributed by atoms with Crippen LogP contribution >= 0.6 is 0 Å². The van der Waals surface area contributed by atoms with Gasteiger partial charge in [-0.25, -0.2) is 0 Å². The number of anilines is 1. The van der Waals surface area contributed by atoms with E-state index in [1.807, 2.05) is 0 Å². The Morgan fingerprint density at radius 2 is 1.73 bits per heavy atom. The van der Waals surface area contributed by atoms with Crippen LogP contribution in [0.5, 0.6) is 0 Å². The molecule has 2 heterocycles. The second-order valence-electron chi connectivity index (χ2n) is 6.05. The summed E-state index contributed by atoms with van der Waals surface area (Å²) in [6, 6.07) is 6.33. The maximum absolute atomic E-state index is 12.5. The monoisotopic (exact) mass is 314 g/mol. The van der Waals surface area contributed by atoms with E-state index in [0.29, 0.717) is 12.1 Å². The third-order valence-electron chi connectivity index (χ3n) is 4.36. The van der Waals surface area contributed by atoms with E-state index in [-0.39, 0.29) is 0 Å². The lowest BCUT2D eigenvalue weighted by molar-refractivity contribution is -0.137. The minimum atomic E-state index is -4.26. The van der Waals surface area contributed by atoms with Gasteiger partial charge in [-0.05, 0) is 43.5 Å². The van der Waals surface area contributed by atoms with Gasteiger partial charge in [0.05, 0.1) is 5.56 Å². The van der Waals surface area contributed by atoms with Crippen molar-refractivity contribution in [3.63, 3.8) is 0 Å². The van der Waals surface area contributed by atoms with E-state index in [2.05, 4.69) is 10.2 Å². The fraction of sp³-hybridized carbons (Fsp3) is 0.625. The number of halogens is 3. The van der Waals surface area contributed by atoms with Gasteiger partial charge in [-0.3, -0.25) is 0 Å². The molecule has 0 saturated carbocycles. The predicted octanol–water partition coefficient (Wildman–Crippen LogP) is 3.05. The summed E-state index contributed by atoms with van der Waals surface area (Å²) in [4.78, 5) is 2.10. The molecular weight excluding hydrogens is 293 g/mol. The zero-order valence-corrected chi connectivity index (χ0v) is 12.4. The number of benzene rings is 1. The van der Waals surface area contributed by atoms with Gasteiger partial charge in [-0.2, -0.15) is 13.2 Å². The van der Waals surface area contributed by atoms with Crippen LogP contribution < -0.4 is 10.2 Å². The van der Waals surface area contributed by atoms with Gasteiger partial charge in [0.2, 0.25) is 0 Å². The lowest BCUT2D eigenvalue weighted by atomic mass is 10.0. The highest BCUT2D eigenvalue weighted by Gasteiger charge is 2.32. The van der Waals surface area contributed by atoms with Crippen LogP contribution in [-0.4, -0.2) is 38.4 Å². The van der Waals surface area contributed by atoms with Crippen molar-refractivity contribution in [1.82, 2.24) is 5.32 Å². The maximum atomic E-state index is 12.5. The highest BCUT2D eigenvalue weighted by Crippen LogP contribution is 2.31. The zero-order valence-electron chi connectivity index (χ0n) is 12.4. The van der Waals surface area contributed by atoms with Crippen molar-refractivity contribution < 1.29 is 17.9 Å². The number of ether oxygens (including phenoxy) is 1. The molecular formula is C16H21F3N2O. The van der Waals surface area contributed by atoms with Gasteiger partial charge in [0, 0.05) is 44.1 Å². The second kappa shape index (κ2) is 6.46. The Labute approximate surface area is 128 Å². The van der Waals surface area contributed by atoms with Crippen molar-refractivity contribution in [2.45, 2.75) is 37.5 Å². The van der Waals surface area contributed by atoms with Crippen molar-refractivity contribution >= 4 is 5.69 Å². The van der Waals surface area contributed by atoms with Crippen LogP contribution in [-0.2, 0) is 10.9 Å². The molecule has 1 N–H and O–H groups in total. The van der Waals surface area contributed by atoms with Crippen molar-refractivity contribution in [3.8, 4) is 0 Å². The first-order valence-corrected chi connectivity index (χ1v) is 7.78. The molecule has 0 amide bonds. The summed E-state index contributed by atoms with van der Waals surface area (Å²) >= 11 is 0. The molecule has 3 rings (SSSR count). The van der Waals surface area contributed by atoms with Crippen LogP contribution in [0, 0.1) is 0 Å². The molecule has 2 fully saturated rings. The molecule has 2 saturated heterocycles. The molecule has 122 valence electrons. The minimum Gasteiger partial charge on any atom is -0.381 e. The van der Waals surface area contributed by atoms with Gasteiger partial charge in [0.25, 0.3) is 0 Å². The molecule has 0 bridgehead atoms. The summed E-state index contributed by atoms with van der Waals surface area (Å²) in [5.74, 6) is 0. The van der Waals surface area contributed by atoms with Crippen LogP contribution in [0.3, 0.4) is 0 Å². The van der Waals surface area contributed by atoms with Gasteiger partial charge in [-0.1, -0.05) is 0 Å². The van der Waals surface area contributed by atoms with Crippen molar-refractivity contribution in [3.05, 3.63) is 29.8 Å². The molecule has 1 aromatic carbocycles. The highest BCUT2D eigenvalue weighted by molar-refractivity contribution is 5.50. The van der Waals surface area contributed by atoms with Crippen molar-refractivity contribution in [2.24, 2.45) is 0 Å². The molecule has 3 nitrogen and oxygen atoms in total. The number of nitrogens with one attached hydrogen (secondary N) is 1. The average Bonchev–Trinajstić information content (AvgIpc) is 2.70. The molecule has 1 atom stereocenters. The standard InChI is InChI=1S/C16H21F3N2O/c17-16(18,19)12-3-5-15(6-4-12)21-10-14(11-21)20-13-2-1-8-22-9-7-13/h3-6,13-14,20H,1-2,7-11H2. The van der Waals surface area contributed by atoms with E-state index in [1.54, 1.807) is 12.1 Å². The largest absolute Gasteiger partial charge is 0.416 e. The summed E-state index contributed by atoms with van der Waals surface area (Å²) in [5.41, 5.74) is 0.264. The van der Waals surface area contributed by atoms with Gasteiger partial charge < -0.3 is 15.0 Å². The van der Waals surface area contributed by atoms with E-state index in [1.165, 1.54) is 0 Å². The Balaban J connectivity index is 1.48. The summed E-state index contributed by atoms with van der Waals surface area (Å²) in [6.07, 6.45) is -1.00. The molecule has 1 unspecified atom stereocenters. The van der Waals surface area contributed by atoms with E-state index in [4.69, 9.17) is 4.74 Å². The normalized spacial score (nSPS) is 24.0. The number of alkyl halides is 3. The quantitative estimate of drug-likeness (QED) is 0.928. The number of nitrogens with zero attached hydrogens (tertiary/aromatic N) is 1. The average molecular weight is 314 g/mol. The molecule has 2 aliphatic rings. The fourth-order valence-corrected chi connectivity index (χ4v) is 3.06. The minimum absolute atomic E-state index is 0.422. The van der Waals surface area contributed by atoms with E-state index in [9.17, 15) is 13.2 Å². The molecule has 0 aliphatic carbocycles. The number of hydrogen-bond acceptors (Lipinski definition) is 3. The van der Waals surface area contributed by atoms with E-state index in [0.717, 1.165) is 63.4 Å². The Morgan fingerprint density at radius 1 is 1.00 bits per heavy atom. The summed E-state index contributed by atoms with van der Waals surface area (Å²) in [5, 5.41) is 3.63.